The van der Waals surface area contributed by atoms with Crippen LogP contribution in [-0.2, 0) is 6.54 Å². The van der Waals surface area contributed by atoms with Crippen LogP contribution in [-0.4, -0.2) is 24.5 Å². The molecule has 1 aromatic carbocycles. The largest absolute Gasteiger partial charge is 0.317 e. The Hall–Kier alpha value is -0.870. The molecule has 1 atom stereocenters. The molecule has 1 aliphatic heterocycles. The fraction of sp³-hybridized carbons (Fsp3) is 0.474. The van der Waals surface area contributed by atoms with E-state index < -0.39 is 0 Å². The highest BCUT2D eigenvalue weighted by Gasteiger charge is 2.22. The first-order chi connectivity index (χ1) is 10.8. The molecule has 126 valence electrons. The Labute approximate surface area is 150 Å². The molecule has 1 aromatic heterocycles. The minimum absolute atomic E-state index is 0. The number of piperidine rings is 1. The lowest BCUT2D eigenvalue weighted by Gasteiger charge is -2.34. The van der Waals surface area contributed by atoms with Gasteiger partial charge < -0.3 is 5.32 Å². The van der Waals surface area contributed by atoms with E-state index in [4.69, 9.17) is 0 Å². The maximum Gasteiger partial charge on any atom is 0.0416 e. The Morgan fingerprint density at radius 1 is 1.13 bits per heavy atom. The smallest absolute Gasteiger partial charge is 0.0416 e. The van der Waals surface area contributed by atoms with Gasteiger partial charge in [-0.2, -0.15) is 0 Å². The van der Waals surface area contributed by atoms with Crippen molar-refractivity contribution in [3.05, 3.63) is 58.3 Å². The van der Waals surface area contributed by atoms with Crippen molar-refractivity contribution in [2.24, 2.45) is 5.92 Å². The summed E-state index contributed by atoms with van der Waals surface area (Å²) in [4.78, 5) is 4.14. The van der Waals surface area contributed by atoms with Crippen molar-refractivity contribution in [1.82, 2.24) is 10.2 Å². The molecular weight excluding hydrogens is 324 g/mol. The molecule has 2 heterocycles. The van der Waals surface area contributed by atoms with E-state index in [0.29, 0.717) is 6.04 Å². The summed E-state index contributed by atoms with van der Waals surface area (Å²) in [6.45, 7) is 6.96. The topological polar surface area (TPSA) is 15.3 Å². The number of hydrogen-bond donors (Lipinski definition) is 1. The van der Waals surface area contributed by atoms with Gasteiger partial charge in [-0.05, 0) is 55.8 Å². The number of hydrogen-bond acceptors (Lipinski definition) is 3. The predicted octanol–water partition coefficient (Wildman–Crippen LogP) is 4.73. The highest BCUT2D eigenvalue weighted by molar-refractivity contribution is 7.10. The van der Waals surface area contributed by atoms with Crippen LogP contribution in [0.2, 0.25) is 0 Å². The SMILES string of the molecule is CC(c1cccs1)N(Cc1ccccc1)CC1CCNCC1.Cl. The van der Waals surface area contributed by atoms with E-state index in [2.05, 4.69) is 65.0 Å². The molecule has 4 heteroatoms. The molecule has 1 fully saturated rings. The summed E-state index contributed by atoms with van der Waals surface area (Å²) in [5.74, 6) is 0.826. The monoisotopic (exact) mass is 350 g/mol. The van der Waals surface area contributed by atoms with E-state index in [0.717, 1.165) is 12.5 Å². The lowest BCUT2D eigenvalue weighted by Crippen LogP contribution is -2.37. The molecule has 1 N–H and O–H groups in total. The average Bonchev–Trinajstić information content (AvgIpc) is 3.10. The summed E-state index contributed by atoms with van der Waals surface area (Å²) in [5.41, 5.74) is 1.42. The van der Waals surface area contributed by atoms with Crippen LogP contribution in [0.1, 0.15) is 36.2 Å². The molecule has 23 heavy (non-hydrogen) atoms. The standard InChI is InChI=1S/C19H26N2S.ClH/c1-16(19-8-5-13-22-19)21(14-17-6-3-2-4-7-17)15-18-9-11-20-12-10-18;/h2-8,13,16,18,20H,9-12,14-15H2,1H3;1H. The molecule has 0 spiro atoms. The zero-order chi connectivity index (χ0) is 15.2. The van der Waals surface area contributed by atoms with Gasteiger partial charge in [0, 0.05) is 24.0 Å². The molecule has 2 nitrogen and oxygen atoms in total. The lowest BCUT2D eigenvalue weighted by molar-refractivity contribution is 0.155. The summed E-state index contributed by atoms with van der Waals surface area (Å²) >= 11 is 1.88. The van der Waals surface area contributed by atoms with Gasteiger partial charge in [0.05, 0.1) is 0 Å². The summed E-state index contributed by atoms with van der Waals surface area (Å²) in [6, 6.07) is 15.8. The van der Waals surface area contributed by atoms with Crippen molar-refractivity contribution in [1.29, 1.82) is 0 Å². The second kappa shape index (κ2) is 9.43. The normalized spacial score (nSPS) is 17.0. The number of rotatable bonds is 6. The molecule has 1 unspecified atom stereocenters. The molecule has 1 saturated heterocycles. The number of nitrogens with one attached hydrogen (secondary N) is 1. The quantitative estimate of drug-likeness (QED) is 0.810. The number of thiophene rings is 1. The van der Waals surface area contributed by atoms with Crippen molar-refractivity contribution in [2.45, 2.75) is 32.4 Å². The van der Waals surface area contributed by atoms with Gasteiger partial charge in [-0.15, -0.1) is 23.7 Å². The fourth-order valence-corrected chi connectivity index (χ4v) is 4.10. The molecule has 2 aromatic rings. The van der Waals surface area contributed by atoms with Crippen LogP contribution in [0, 0.1) is 5.92 Å². The maximum atomic E-state index is 3.48. The van der Waals surface area contributed by atoms with E-state index in [-0.39, 0.29) is 12.4 Å². The van der Waals surface area contributed by atoms with Crippen LogP contribution in [0.4, 0.5) is 0 Å². The Kier molecular flexibility index (Phi) is 7.57. The minimum atomic E-state index is 0. The maximum absolute atomic E-state index is 3.48. The van der Waals surface area contributed by atoms with Crippen LogP contribution >= 0.6 is 23.7 Å². The highest BCUT2D eigenvalue weighted by atomic mass is 35.5. The molecule has 0 saturated carbocycles. The Morgan fingerprint density at radius 3 is 2.52 bits per heavy atom. The Bertz CT molecular complexity index is 538. The second-order valence-electron chi connectivity index (χ2n) is 6.30. The van der Waals surface area contributed by atoms with Crippen LogP contribution in [0.25, 0.3) is 0 Å². The van der Waals surface area contributed by atoms with Gasteiger partial charge in [-0.1, -0.05) is 36.4 Å². The zero-order valence-electron chi connectivity index (χ0n) is 13.8. The van der Waals surface area contributed by atoms with Gasteiger partial charge in [0.25, 0.3) is 0 Å². The van der Waals surface area contributed by atoms with Gasteiger partial charge in [0.15, 0.2) is 0 Å². The number of benzene rings is 1. The summed E-state index contributed by atoms with van der Waals surface area (Å²) < 4.78 is 0. The zero-order valence-corrected chi connectivity index (χ0v) is 15.4. The van der Waals surface area contributed by atoms with Crippen molar-refractivity contribution in [3.63, 3.8) is 0 Å². The fourth-order valence-electron chi connectivity index (χ4n) is 3.28. The van der Waals surface area contributed by atoms with Crippen LogP contribution in [0.5, 0.6) is 0 Å². The summed E-state index contributed by atoms with van der Waals surface area (Å²) in [7, 11) is 0. The van der Waals surface area contributed by atoms with Crippen LogP contribution in [0.3, 0.4) is 0 Å². The predicted molar refractivity (Wildman–Crippen MR) is 102 cm³/mol. The summed E-state index contributed by atoms with van der Waals surface area (Å²) in [5, 5.41) is 5.67. The first-order valence-corrected chi connectivity index (χ1v) is 9.23. The van der Waals surface area contributed by atoms with Gasteiger partial charge in [-0.25, -0.2) is 0 Å². The van der Waals surface area contributed by atoms with E-state index in [1.807, 2.05) is 11.3 Å². The van der Waals surface area contributed by atoms with Crippen LogP contribution in [0.15, 0.2) is 47.8 Å². The van der Waals surface area contributed by atoms with Crippen molar-refractivity contribution in [2.75, 3.05) is 19.6 Å². The highest BCUT2D eigenvalue weighted by Crippen LogP contribution is 2.28. The molecule has 0 amide bonds. The molecule has 0 aliphatic carbocycles. The van der Waals surface area contributed by atoms with Crippen molar-refractivity contribution >= 4 is 23.7 Å². The number of halogens is 1. The van der Waals surface area contributed by atoms with E-state index in [1.54, 1.807) is 0 Å². The molecular formula is C19H27ClN2S. The second-order valence-corrected chi connectivity index (χ2v) is 7.28. The molecule has 0 bridgehead atoms. The minimum Gasteiger partial charge on any atom is -0.317 e. The third-order valence-electron chi connectivity index (χ3n) is 4.68. The van der Waals surface area contributed by atoms with Crippen molar-refractivity contribution < 1.29 is 0 Å². The molecule has 0 radical (unpaired) electrons. The first kappa shape index (κ1) is 18.5. The van der Waals surface area contributed by atoms with Crippen molar-refractivity contribution in [3.8, 4) is 0 Å². The van der Waals surface area contributed by atoms with Gasteiger partial charge in [0.1, 0.15) is 0 Å². The number of nitrogens with zero attached hydrogens (tertiary/aromatic N) is 1. The van der Waals surface area contributed by atoms with E-state index in [9.17, 15) is 0 Å². The van der Waals surface area contributed by atoms with Gasteiger partial charge >= 0.3 is 0 Å². The lowest BCUT2D eigenvalue weighted by atomic mass is 9.96. The van der Waals surface area contributed by atoms with E-state index in [1.165, 1.54) is 42.9 Å². The van der Waals surface area contributed by atoms with Gasteiger partial charge in [0.2, 0.25) is 0 Å². The van der Waals surface area contributed by atoms with Crippen LogP contribution < -0.4 is 5.32 Å². The first-order valence-electron chi connectivity index (χ1n) is 8.35. The van der Waals surface area contributed by atoms with Gasteiger partial charge in [-0.3, -0.25) is 4.90 Å². The molecule has 1 aliphatic rings. The third kappa shape index (κ3) is 5.32. The average molecular weight is 351 g/mol. The third-order valence-corrected chi connectivity index (χ3v) is 5.73. The summed E-state index contributed by atoms with van der Waals surface area (Å²) in [6.07, 6.45) is 2.62. The Balaban J connectivity index is 0.00000192. The Morgan fingerprint density at radius 2 is 1.87 bits per heavy atom. The van der Waals surface area contributed by atoms with E-state index >= 15 is 0 Å². The molecule has 3 rings (SSSR count).